The van der Waals surface area contributed by atoms with Gasteiger partial charge in [0.05, 0.1) is 21.8 Å². The lowest BCUT2D eigenvalue weighted by atomic mass is 10.0. The van der Waals surface area contributed by atoms with E-state index in [1.165, 1.54) is 30.7 Å². The van der Waals surface area contributed by atoms with Crippen molar-refractivity contribution in [1.82, 2.24) is 19.0 Å². The van der Waals surface area contributed by atoms with E-state index in [-0.39, 0.29) is 22.6 Å². The summed E-state index contributed by atoms with van der Waals surface area (Å²) < 4.78 is 43.0. The molecule has 0 N–H and O–H groups in total. The Morgan fingerprint density at radius 1 is 1.00 bits per heavy atom. The number of imidazole rings is 1. The zero-order valence-corrected chi connectivity index (χ0v) is 14.9. The van der Waals surface area contributed by atoms with Crippen LogP contribution >= 0.6 is 23.4 Å². The number of halogens is 5. The molecule has 0 fully saturated rings. The molecule has 4 nitrogen and oxygen atoms in total. The van der Waals surface area contributed by atoms with Crippen LogP contribution in [0.5, 0.6) is 0 Å². The van der Waals surface area contributed by atoms with Crippen LogP contribution in [0.25, 0.3) is 33.7 Å². The Morgan fingerprint density at radius 2 is 1.81 bits per heavy atom. The summed E-state index contributed by atoms with van der Waals surface area (Å²) in [6.45, 7) is 0. The quantitative estimate of drug-likeness (QED) is 0.418. The van der Waals surface area contributed by atoms with Crippen LogP contribution in [-0.4, -0.2) is 19.0 Å². The molecule has 3 aromatic heterocycles. The fraction of sp³-hybridized carbons (Fsp3) is 0.0556. The summed E-state index contributed by atoms with van der Waals surface area (Å²) in [4.78, 5) is 12.1. The van der Waals surface area contributed by atoms with Gasteiger partial charge in [0.25, 0.3) is 0 Å². The van der Waals surface area contributed by atoms with Crippen LogP contribution in [0.3, 0.4) is 0 Å². The number of rotatable bonds is 2. The van der Waals surface area contributed by atoms with Crippen LogP contribution in [-0.2, 0) is 6.18 Å². The summed E-state index contributed by atoms with van der Waals surface area (Å²) in [7, 11) is 0. The number of hydrogen-bond donors (Lipinski definition) is 0. The lowest BCUT2D eigenvalue weighted by molar-refractivity contribution is -0.136. The van der Waals surface area contributed by atoms with E-state index >= 15 is 0 Å². The van der Waals surface area contributed by atoms with Crippen LogP contribution in [0.4, 0.5) is 13.2 Å². The van der Waals surface area contributed by atoms with Crippen molar-refractivity contribution in [2.45, 2.75) is 6.18 Å². The molecule has 0 aliphatic heterocycles. The largest absolute Gasteiger partial charge is 0.419 e. The molecule has 0 atom stereocenters. The lowest BCUT2D eigenvalue weighted by Crippen LogP contribution is -2.12. The average molecular weight is 409 g/mol. The number of nitrogens with zero attached hydrogens (tertiary/aromatic N) is 4. The predicted octanol–water partition coefficient (Wildman–Crippen LogP) is 5.83. The van der Waals surface area contributed by atoms with Gasteiger partial charge in [0, 0.05) is 41.5 Å². The van der Waals surface area contributed by atoms with Crippen molar-refractivity contribution in [3.8, 4) is 22.6 Å². The topological polar surface area (TPSA) is 43.6 Å². The van der Waals surface area contributed by atoms with E-state index in [9.17, 15) is 13.2 Å². The van der Waals surface area contributed by atoms with Crippen LogP contribution in [0, 0.1) is 0 Å². The fourth-order valence-corrected chi connectivity index (χ4v) is 3.34. The maximum absolute atomic E-state index is 14.0. The third-order valence-electron chi connectivity index (χ3n) is 3.99. The van der Waals surface area contributed by atoms with Crippen molar-refractivity contribution in [2.24, 2.45) is 0 Å². The highest BCUT2D eigenvalue weighted by Crippen LogP contribution is 2.42. The number of fused-ring (bicyclic) bond motifs is 1. The molecule has 1 aromatic carbocycles. The second kappa shape index (κ2) is 6.51. The minimum atomic E-state index is -4.69. The maximum atomic E-state index is 14.0. The first-order chi connectivity index (χ1) is 12.9. The molecular weight excluding hydrogens is 400 g/mol. The molecule has 27 heavy (non-hydrogen) atoms. The van der Waals surface area contributed by atoms with Crippen molar-refractivity contribution in [3.63, 3.8) is 0 Å². The second-order valence-corrected chi connectivity index (χ2v) is 6.39. The highest BCUT2D eigenvalue weighted by Gasteiger charge is 2.39. The van der Waals surface area contributed by atoms with Gasteiger partial charge in [-0.15, -0.1) is 0 Å². The first-order valence-corrected chi connectivity index (χ1v) is 8.39. The summed E-state index contributed by atoms with van der Waals surface area (Å²) in [6.07, 6.45) is -0.610. The highest BCUT2D eigenvalue weighted by atomic mass is 35.5. The molecule has 0 spiro atoms. The van der Waals surface area contributed by atoms with Crippen molar-refractivity contribution in [2.75, 3.05) is 0 Å². The second-order valence-electron chi connectivity index (χ2n) is 5.65. The van der Waals surface area contributed by atoms with E-state index in [2.05, 4.69) is 15.0 Å². The van der Waals surface area contributed by atoms with Crippen LogP contribution in [0.15, 0.2) is 55.0 Å². The van der Waals surface area contributed by atoms with Crippen LogP contribution < -0.4 is 0 Å². The Bertz CT molecular complexity index is 1140. The number of aromatic nitrogens is 4. The minimum Gasteiger partial charge on any atom is -0.264 e. The fourth-order valence-electron chi connectivity index (χ4n) is 2.86. The molecule has 0 aliphatic carbocycles. The van der Waals surface area contributed by atoms with E-state index < -0.39 is 11.7 Å². The molecule has 0 saturated carbocycles. The van der Waals surface area contributed by atoms with Crippen molar-refractivity contribution < 1.29 is 13.2 Å². The minimum absolute atomic E-state index is 0.0698. The Labute approximate surface area is 161 Å². The number of alkyl halides is 3. The van der Waals surface area contributed by atoms with E-state index in [0.29, 0.717) is 16.1 Å². The molecule has 136 valence electrons. The summed E-state index contributed by atoms with van der Waals surface area (Å²) in [5.74, 6) is -0.0698. The summed E-state index contributed by atoms with van der Waals surface area (Å²) in [6, 6.07) is 9.15. The summed E-state index contributed by atoms with van der Waals surface area (Å²) in [5.41, 5.74) is -0.418. The SMILES string of the molecule is FC(F)(F)c1c(-c2nc3c(Cl)cccc3n2Cl)ccnc1-c1cccnc1. The molecule has 0 radical (unpaired) electrons. The monoisotopic (exact) mass is 408 g/mol. The van der Waals surface area contributed by atoms with Gasteiger partial charge < -0.3 is 0 Å². The van der Waals surface area contributed by atoms with Gasteiger partial charge in [0.15, 0.2) is 5.82 Å². The van der Waals surface area contributed by atoms with Gasteiger partial charge in [-0.3, -0.25) is 9.97 Å². The molecule has 4 aromatic rings. The number of hydrogen-bond acceptors (Lipinski definition) is 3. The van der Waals surface area contributed by atoms with Crippen molar-refractivity contribution >= 4 is 34.4 Å². The lowest BCUT2D eigenvalue weighted by Gasteiger charge is -2.16. The normalized spacial score (nSPS) is 11.9. The zero-order valence-electron chi connectivity index (χ0n) is 13.4. The molecule has 0 bridgehead atoms. The van der Waals surface area contributed by atoms with Crippen molar-refractivity contribution in [3.05, 3.63) is 65.6 Å². The molecule has 0 saturated heterocycles. The van der Waals surface area contributed by atoms with Crippen LogP contribution in [0.2, 0.25) is 5.02 Å². The van der Waals surface area contributed by atoms with Gasteiger partial charge in [-0.1, -0.05) is 17.7 Å². The van der Waals surface area contributed by atoms with Crippen LogP contribution in [0.1, 0.15) is 5.56 Å². The molecular formula is C18H9Cl2F3N4. The third-order valence-corrected chi connectivity index (χ3v) is 4.64. The number of pyridine rings is 2. The Balaban J connectivity index is 2.05. The number of para-hydroxylation sites is 1. The average Bonchev–Trinajstić information content (AvgIpc) is 2.99. The molecule has 9 heteroatoms. The maximum Gasteiger partial charge on any atom is 0.419 e. The first kappa shape index (κ1) is 17.8. The predicted molar refractivity (Wildman–Crippen MR) is 97.5 cm³/mol. The van der Waals surface area contributed by atoms with E-state index in [4.69, 9.17) is 23.4 Å². The van der Waals surface area contributed by atoms with Gasteiger partial charge in [0.1, 0.15) is 5.52 Å². The first-order valence-electron chi connectivity index (χ1n) is 7.68. The Morgan fingerprint density at radius 3 is 2.48 bits per heavy atom. The molecule has 0 aliphatic rings. The zero-order chi connectivity index (χ0) is 19.2. The van der Waals surface area contributed by atoms with Gasteiger partial charge in [0.2, 0.25) is 0 Å². The Kier molecular flexibility index (Phi) is 4.28. The molecule has 4 rings (SSSR count). The van der Waals surface area contributed by atoms with E-state index in [1.807, 2.05) is 0 Å². The van der Waals surface area contributed by atoms with Crippen molar-refractivity contribution in [1.29, 1.82) is 0 Å². The van der Waals surface area contributed by atoms with Gasteiger partial charge in [-0.25, -0.2) is 9.07 Å². The molecule has 0 unspecified atom stereocenters. The van der Waals surface area contributed by atoms with Gasteiger partial charge in [-0.2, -0.15) is 13.2 Å². The smallest absolute Gasteiger partial charge is 0.264 e. The van der Waals surface area contributed by atoms with Gasteiger partial charge in [-0.05, 0) is 30.3 Å². The van der Waals surface area contributed by atoms with E-state index in [1.54, 1.807) is 24.3 Å². The Hall–Kier alpha value is -2.64. The number of benzene rings is 1. The third kappa shape index (κ3) is 3.02. The summed E-state index contributed by atoms with van der Waals surface area (Å²) >= 11 is 12.4. The highest BCUT2D eigenvalue weighted by molar-refractivity contribution is 6.35. The van der Waals surface area contributed by atoms with Gasteiger partial charge >= 0.3 is 6.18 Å². The molecule has 0 amide bonds. The van der Waals surface area contributed by atoms with E-state index in [0.717, 1.165) is 4.09 Å². The summed E-state index contributed by atoms with van der Waals surface area (Å²) in [5, 5.41) is 0.295. The standard InChI is InChI=1S/C18H9Cl2F3N4/c19-12-4-1-5-13-16(12)26-17(27(13)20)11-6-8-25-15(14(11)18(21,22)23)10-3-2-7-24-9-10/h1-9H. The molecule has 3 heterocycles.